The van der Waals surface area contributed by atoms with E-state index in [0.29, 0.717) is 17.4 Å². The van der Waals surface area contributed by atoms with Crippen molar-refractivity contribution in [3.05, 3.63) is 29.3 Å². The zero-order chi connectivity index (χ0) is 23.0. The molecule has 0 spiro atoms. The van der Waals surface area contributed by atoms with Gasteiger partial charge in [0.1, 0.15) is 11.4 Å². The fourth-order valence-electron chi connectivity index (χ4n) is 2.23. The number of rotatable bonds is 6. The van der Waals surface area contributed by atoms with Gasteiger partial charge in [-0.2, -0.15) is 0 Å². The molecule has 0 heterocycles. The van der Waals surface area contributed by atoms with E-state index in [1.807, 2.05) is 13.8 Å². The maximum absolute atomic E-state index is 11.0. The second kappa shape index (κ2) is 15.9. The lowest BCUT2D eigenvalue weighted by Gasteiger charge is -2.18. The normalized spacial score (nSPS) is 11.3. The van der Waals surface area contributed by atoms with Crippen molar-refractivity contribution in [2.75, 3.05) is 0 Å². The van der Waals surface area contributed by atoms with E-state index in [1.165, 1.54) is 18.9 Å². The molecule has 1 unspecified atom stereocenters. The van der Waals surface area contributed by atoms with Crippen LogP contribution in [0.3, 0.4) is 0 Å². The quantitative estimate of drug-likeness (QED) is 0.531. The van der Waals surface area contributed by atoms with Gasteiger partial charge < -0.3 is 20.3 Å². The number of carbonyl (C=O) groups is 2. The molecule has 168 valence electrons. The lowest BCUT2D eigenvalue weighted by Crippen LogP contribution is -2.27. The third-order valence-electron chi connectivity index (χ3n) is 3.66. The van der Waals surface area contributed by atoms with Crippen LogP contribution in [-0.4, -0.2) is 28.9 Å². The summed E-state index contributed by atoms with van der Waals surface area (Å²) >= 11 is 5.48. The maximum atomic E-state index is 11.0. The molecule has 0 saturated heterocycles. The average Bonchev–Trinajstić information content (AvgIpc) is 2.58. The molecular weight excluding hydrogens is 394 g/mol. The summed E-state index contributed by atoms with van der Waals surface area (Å²) in [6, 6.07) is 6.46. The summed E-state index contributed by atoms with van der Waals surface area (Å²) in [4.78, 5) is 21.0. The number of primary amides is 1. The van der Waals surface area contributed by atoms with Gasteiger partial charge in [0.05, 0.1) is 6.10 Å². The van der Waals surface area contributed by atoms with Gasteiger partial charge >= 0.3 is 12.1 Å². The van der Waals surface area contributed by atoms with Crippen molar-refractivity contribution in [2.45, 2.75) is 85.9 Å². The number of hydrogen-bond acceptors (Lipinski definition) is 5. The molecule has 7 heteroatoms. The van der Waals surface area contributed by atoms with Gasteiger partial charge in [-0.05, 0) is 58.2 Å². The molecule has 0 aliphatic carbocycles. The molecule has 6 nitrogen and oxygen atoms in total. The molecule has 0 aromatic heterocycles. The standard InChI is InChI=1S/C11H22O2.C6H5ClO.C5H11NO2/c1-5-10(6-2)8-9(4)13-11(12)7-3;7-5-2-1-3-6(8)4-5;1-5(2,3)8-4(6)7/h9-10H,5-8H2,1-4H3;1-4,8H;1-3H3,(H2,6,7). The Morgan fingerprint density at radius 3 is 2.00 bits per heavy atom. The Hall–Kier alpha value is -1.95. The second-order valence-corrected chi connectivity index (χ2v) is 8.02. The molecule has 0 saturated carbocycles. The monoisotopic (exact) mass is 431 g/mol. The van der Waals surface area contributed by atoms with E-state index in [2.05, 4.69) is 18.6 Å². The Kier molecular flexibility index (Phi) is 16.1. The number of benzene rings is 1. The number of carbonyl (C=O) groups excluding carboxylic acids is 2. The van der Waals surface area contributed by atoms with Gasteiger partial charge in [0, 0.05) is 11.4 Å². The van der Waals surface area contributed by atoms with Crippen LogP contribution in [-0.2, 0) is 14.3 Å². The highest BCUT2D eigenvalue weighted by Gasteiger charge is 2.13. The van der Waals surface area contributed by atoms with Gasteiger partial charge in [-0.3, -0.25) is 4.79 Å². The largest absolute Gasteiger partial charge is 0.508 e. The average molecular weight is 432 g/mol. The van der Waals surface area contributed by atoms with Crippen molar-refractivity contribution in [3.63, 3.8) is 0 Å². The van der Waals surface area contributed by atoms with Crippen LogP contribution in [0.5, 0.6) is 5.75 Å². The van der Waals surface area contributed by atoms with Crippen LogP contribution >= 0.6 is 11.6 Å². The van der Waals surface area contributed by atoms with Crippen LogP contribution in [0.2, 0.25) is 5.02 Å². The number of hydrogen-bond donors (Lipinski definition) is 2. The van der Waals surface area contributed by atoms with Crippen molar-refractivity contribution in [3.8, 4) is 5.75 Å². The van der Waals surface area contributed by atoms with E-state index in [4.69, 9.17) is 27.2 Å². The van der Waals surface area contributed by atoms with E-state index in [9.17, 15) is 9.59 Å². The highest BCUT2D eigenvalue weighted by Crippen LogP contribution is 2.17. The third kappa shape index (κ3) is 20.6. The summed E-state index contributed by atoms with van der Waals surface area (Å²) in [5.41, 5.74) is 4.26. The Bertz CT molecular complexity index is 566. The number of halogens is 1. The highest BCUT2D eigenvalue weighted by atomic mass is 35.5. The number of amides is 1. The topological polar surface area (TPSA) is 98.9 Å². The van der Waals surface area contributed by atoms with E-state index in [0.717, 1.165) is 6.42 Å². The van der Waals surface area contributed by atoms with Crippen molar-refractivity contribution in [2.24, 2.45) is 11.7 Å². The summed E-state index contributed by atoms with van der Waals surface area (Å²) in [5, 5.41) is 9.29. The molecule has 3 N–H and O–H groups in total. The highest BCUT2D eigenvalue weighted by molar-refractivity contribution is 6.30. The molecule has 0 aliphatic heterocycles. The number of phenols is 1. The Morgan fingerprint density at radius 2 is 1.72 bits per heavy atom. The summed E-state index contributed by atoms with van der Waals surface area (Å²) in [7, 11) is 0. The Labute approximate surface area is 180 Å². The zero-order valence-electron chi connectivity index (χ0n) is 18.8. The molecule has 0 aliphatic rings. The first-order valence-electron chi connectivity index (χ1n) is 9.96. The summed E-state index contributed by atoms with van der Waals surface area (Å²) in [6.45, 7) is 13.5. The van der Waals surface area contributed by atoms with Crippen LogP contribution < -0.4 is 5.73 Å². The van der Waals surface area contributed by atoms with Crippen LogP contribution in [0.4, 0.5) is 4.79 Å². The third-order valence-corrected chi connectivity index (χ3v) is 3.89. The van der Waals surface area contributed by atoms with Gasteiger partial charge in [-0.1, -0.05) is 51.3 Å². The summed E-state index contributed by atoms with van der Waals surface area (Å²) < 4.78 is 9.77. The van der Waals surface area contributed by atoms with Gasteiger partial charge in [-0.15, -0.1) is 0 Å². The molecule has 29 heavy (non-hydrogen) atoms. The molecule has 1 aromatic carbocycles. The van der Waals surface area contributed by atoms with Gasteiger partial charge in [0.15, 0.2) is 0 Å². The predicted octanol–water partition coefficient (Wildman–Crippen LogP) is 6.08. The first-order chi connectivity index (χ1) is 13.3. The number of esters is 1. The Morgan fingerprint density at radius 1 is 1.17 bits per heavy atom. The van der Waals surface area contributed by atoms with E-state index >= 15 is 0 Å². The van der Waals surface area contributed by atoms with Crippen molar-refractivity contribution in [1.82, 2.24) is 0 Å². The summed E-state index contributed by atoms with van der Waals surface area (Å²) in [5.74, 6) is 0.815. The predicted molar refractivity (Wildman–Crippen MR) is 118 cm³/mol. The van der Waals surface area contributed by atoms with E-state index in [-0.39, 0.29) is 17.8 Å². The fraction of sp³-hybridized carbons (Fsp3) is 0.636. The first kappa shape index (κ1) is 29.3. The minimum Gasteiger partial charge on any atom is -0.508 e. The fourth-order valence-corrected chi connectivity index (χ4v) is 2.41. The molecular formula is C22H38ClNO5. The minimum absolute atomic E-state index is 0.0809. The molecule has 1 aromatic rings. The Balaban J connectivity index is 0. The first-order valence-corrected chi connectivity index (χ1v) is 10.3. The molecule has 0 radical (unpaired) electrons. The lowest BCUT2D eigenvalue weighted by molar-refractivity contribution is -0.148. The molecule has 1 atom stereocenters. The van der Waals surface area contributed by atoms with Crippen LogP contribution in [0.25, 0.3) is 0 Å². The molecule has 1 rings (SSSR count). The minimum atomic E-state index is -0.725. The zero-order valence-corrected chi connectivity index (χ0v) is 19.6. The molecule has 1 amide bonds. The number of nitrogens with two attached hydrogens (primary N) is 1. The van der Waals surface area contributed by atoms with Crippen LogP contribution in [0.1, 0.15) is 74.1 Å². The SMILES string of the molecule is CC(C)(C)OC(N)=O.CCC(=O)OC(C)CC(CC)CC.Oc1cccc(Cl)c1. The lowest BCUT2D eigenvalue weighted by atomic mass is 9.97. The molecule has 0 bridgehead atoms. The van der Waals surface area contributed by atoms with E-state index < -0.39 is 11.7 Å². The van der Waals surface area contributed by atoms with Gasteiger partial charge in [-0.25, -0.2) is 4.79 Å². The smallest absolute Gasteiger partial charge is 0.405 e. The van der Waals surface area contributed by atoms with Crippen molar-refractivity contribution >= 4 is 23.7 Å². The number of ether oxygens (including phenoxy) is 2. The summed E-state index contributed by atoms with van der Waals surface area (Å²) in [6.07, 6.45) is 3.18. The maximum Gasteiger partial charge on any atom is 0.405 e. The van der Waals surface area contributed by atoms with Gasteiger partial charge in [0.2, 0.25) is 0 Å². The number of phenolic OH excluding ortho intramolecular Hbond substituents is 1. The van der Waals surface area contributed by atoms with Gasteiger partial charge in [0.25, 0.3) is 0 Å². The second-order valence-electron chi connectivity index (χ2n) is 7.59. The van der Waals surface area contributed by atoms with Crippen LogP contribution in [0.15, 0.2) is 24.3 Å². The van der Waals surface area contributed by atoms with Crippen molar-refractivity contribution < 1.29 is 24.2 Å². The number of aromatic hydroxyl groups is 1. The van der Waals surface area contributed by atoms with Crippen molar-refractivity contribution in [1.29, 1.82) is 0 Å². The van der Waals surface area contributed by atoms with Crippen LogP contribution in [0, 0.1) is 5.92 Å². The van der Waals surface area contributed by atoms with E-state index in [1.54, 1.807) is 39.0 Å². The molecule has 0 fully saturated rings.